The van der Waals surface area contributed by atoms with Crippen LogP contribution in [0.25, 0.3) is 27.8 Å². The van der Waals surface area contributed by atoms with Gasteiger partial charge in [0, 0.05) is 6.07 Å². The topological polar surface area (TPSA) is 74.2 Å². The number of benzene rings is 5. The van der Waals surface area contributed by atoms with E-state index in [2.05, 4.69) is 9.47 Å². The summed E-state index contributed by atoms with van der Waals surface area (Å²) in [6.07, 6.45) is -7.76. The first-order valence-electron chi connectivity index (χ1n) is 14.6. The van der Waals surface area contributed by atoms with Crippen molar-refractivity contribution in [3.8, 4) is 45.3 Å². The minimum atomic E-state index is -4.80. The molecule has 0 aliphatic carbocycles. The first-order chi connectivity index (χ1) is 23.7. The standard InChI is InChI=1S/C37H25ClF6O6/c38-33-21-31(17-18-34(33)48-22-35(45)46)47-20-19-32(27-5-1-23(2-6-27)25-9-13-29(14-10-25)49-36(39,40)41)28-7-3-24(4-8-28)26-11-15-30(16-12-26)50-37(42,43)44/h1-19,21H,20,22H2,(H,45,46). The molecular weight excluding hydrogens is 690 g/mol. The normalized spacial score (nSPS) is 11.4. The van der Waals surface area contributed by atoms with Crippen LogP contribution >= 0.6 is 11.6 Å². The maximum absolute atomic E-state index is 12.6. The summed E-state index contributed by atoms with van der Waals surface area (Å²) in [5.74, 6) is -1.23. The Morgan fingerprint density at radius 2 is 1.00 bits per heavy atom. The molecule has 0 heterocycles. The summed E-state index contributed by atoms with van der Waals surface area (Å²) in [7, 11) is 0. The van der Waals surface area contributed by atoms with E-state index < -0.39 is 25.3 Å². The average molecular weight is 715 g/mol. The van der Waals surface area contributed by atoms with Crippen molar-refractivity contribution in [1.82, 2.24) is 0 Å². The lowest BCUT2D eigenvalue weighted by Gasteiger charge is -2.13. The van der Waals surface area contributed by atoms with Crippen molar-refractivity contribution in [2.45, 2.75) is 12.7 Å². The van der Waals surface area contributed by atoms with Crippen molar-refractivity contribution in [1.29, 1.82) is 0 Å². The second-order valence-corrected chi connectivity index (χ2v) is 10.9. The van der Waals surface area contributed by atoms with Crippen LogP contribution in [0.2, 0.25) is 5.02 Å². The highest BCUT2D eigenvalue weighted by molar-refractivity contribution is 6.32. The molecule has 6 nitrogen and oxygen atoms in total. The minimum absolute atomic E-state index is 0.0891. The molecule has 0 unspecified atom stereocenters. The van der Waals surface area contributed by atoms with Crippen molar-refractivity contribution in [2.24, 2.45) is 0 Å². The number of aliphatic carboxylic acids is 1. The van der Waals surface area contributed by atoms with Gasteiger partial charge in [0.25, 0.3) is 0 Å². The lowest BCUT2D eigenvalue weighted by atomic mass is 9.94. The summed E-state index contributed by atoms with van der Waals surface area (Å²) in [5, 5.41) is 9.00. The van der Waals surface area contributed by atoms with Gasteiger partial charge < -0.3 is 24.1 Å². The molecule has 0 bridgehead atoms. The van der Waals surface area contributed by atoms with Crippen LogP contribution in [0.3, 0.4) is 0 Å². The molecule has 0 aliphatic rings. The molecule has 5 aromatic rings. The van der Waals surface area contributed by atoms with Crippen LogP contribution < -0.4 is 18.9 Å². The van der Waals surface area contributed by atoms with Crippen LogP contribution in [0.1, 0.15) is 11.1 Å². The molecule has 0 saturated carbocycles. The molecule has 0 spiro atoms. The van der Waals surface area contributed by atoms with Crippen LogP contribution in [0.4, 0.5) is 26.3 Å². The lowest BCUT2D eigenvalue weighted by molar-refractivity contribution is -0.275. The minimum Gasteiger partial charge on any atom is -0.489 e. The molecule has 0 atom stereocenters. The number of hydrogen-bond acceptors (Lipinski definition) is 5. The van der Waals surface area contributed by atoms with Crippen LogP contribution in [0.5, 0.6) is 23.0 Å². The van der Waals surface area contributed by atoms with Gasteiger partial charge in [-0.2, -0.15) is 0 Å². The van der Waals surface area contributed by atoms with Crippen molar-refractivity contribution >= 4 is 23.1 Å². The fraction of sp³-hybridized carbons (Fsp3) is 0.108. The van der Waals surface area contributed by atoms with E-state index >= 15 is 0 Å². The number of carboxylic acids is 1. The molecule has 5 aromatic carbocycles. The molecule has 0 aliphatic heterocycles. The van der Waals surface area contributed by atoms with Crippen molar-refractivity contribution in [2.75, 3.05) is 13.2 Å². The Morgan fingerprint density at radius 1 is 0.600 bits per heavy atom. The van der Waals surface area contributed by atoms with Crippen LogP contribution in [0, 0.1) is 0 Å². The third kappa shape index (κ3) is 10.2. The van der Waals surface area contributed by atoms with E-state index in [1.54, 1.807) is 6.07 Å². The van der Waals surface area contributed by atoms with Gasteiger partial charge in [0.2, 0.25) is 0 Å². The Morgan fingerprint density at radius 3 is 1.38 bits per heavy atom. The van der Waals surface area contributed by atoms with E-state index in [0.29, 0.717) is 16.9 Å². The molecule has 0 saturated heterocycles. The maximum Gasteiger partial charge on any atom is 0.573 e. The van der Waals surface area contributed by atoms with Gasteiger partial charge in [-0.25, -0.2) is 4.79 Å². The van der Waals surface area contributed by atoms with Crippen molar-refractivity contribution in [3.63, 3.8) is 0 Å². The molecule has 13 heteroatoms. The van der Waals surface area contributed by atoms with Crippen LogP contribution in [0.15, 0.2) is 121 Å². The maximum atomic E-state index is 12.6. The molecule has 5 rings (SSSR count). The fourth-order valence-corrected chi connectivity index (χ4v) is 5.06. The molecule has 0 fully saturated rings. The Balaban J connectivity index is 1.38. The van der Waals surface area contributed by atoms with E-state index in [-0.39, 0.29) is 28.9 Å². The van der Waals surface area contributed by atoms with E-state index in [4.69, 9.17) is 26.2 Å². The Kier molecular flexibility index (Phi) is 10.9. The molecule has 0 aromatic heterocycles. The number of rotatable bonds is 12. The van der Waals surface area contributed by atoms with Gasteiger partial charge in [-0.05, 0) is 81.4 Å². The summed E-state index contributed by atoms with van der Waals surface area (Å²) in [6.45, 7) is -0.467. The van der Waals surface area contributed by atoms with Gasteiger partial charge in [-0.3, -0.25) is 0 Å². The number of carbonyl (C=O) groups is 1. The van der Waals surface area contributed by atoms with Crippen LogP contribution in [-0.2, 0) is 4.79 Å². The number of ether oxygens (including phenoxy) is 4. The highest BCUT2D eigenvalue weighted by atomic mass is 35.5. The van der Waals surface area contributed by atoms with E-state index in [0.717, 1.165) is 27.8 Å². The lowest BCUT2D eigenvalue weighted by Crippen LogP contribution is -2.16. The fourth-order valence-electron chi connectivity index (χ4n) is 4.83. The number of hydrogen-bond donors (Lipinski definition) is 1. The second-order valence-electron chi connectivity index (χ2n) is 10.5. The molecular formula is C37H25ClF6O6. The molecule has 258 valence electrons. The first-order valence-corrected chi connectivity index (χ1v) is 15.0. The van der Waals surface area contributed by atoms with Gasteiger partial charge in [-0.1, -0.05) is 84.4 Å². The Hall–Kier alpha value is -5.62. The van der Waals surface area contributed by atoms with E-state index in [9.17, 15) is 31.1 Å². The summed E-state index contributed by atoms with van der Waals surface area (Å²) in [5.41, 5.74) is 5.16. The van der Waals surface area contributed by atoms with Gasteiger partial charge in [0.1, 0.15) is 29.6 Å². The third-order valence-corrected chi connectivity index (χ3v) is 7.32. The summed E-state index contributed by atoms with van der Waals surface area (Å²) < 4.78 is 94.3. The van der Waals surface area contributed by atoms with E-state index in [1.807, 2.05) is 54.6 Å². The summed E-state index contributed by atoms with van der Waals surface area (Å²) in [6, 6.07) is 30.2. The predicted octanol–water partition coefficient (Wildman–Crippen LogP) is 10.4. The monoisotopic (exact) mass is 714 g/mol. The van der Waals surface area contributed by atoms with Crippen LogP contribution in [-0.4, -0.2) is 37.0 Å². The molecule has 0 radical (unpaired) electrons. The van der Waals surface area contributed by atoms with Crippen molar-refractivity contribution < 1.29 is 55.2 Å². The SMILES string of the molecule is O=C(O)COc1ccc(OCC=C(c2ccc(-c3ccc(OC(F)(F)F)cc3)cc2)c2ccc(-c3ccc(OC(F)(F)F)cc3)cc2)cc1Cl. The zero-order valence-corrected chi connectivity index (χ0v) is 26.4. The zero-order chi connectivity index (χ0) is 35.9. The van der Waals surface area contributed by atoms with Gasteiger partial charge in [0.05, 0.1) is 5.02 Å². The number of alkyl halides is 6. The van der Waals surface area contributed by atoms with Gasteiger partial charge in [0.15, 0.2) is 6.61 Å². The largest absolute Gasteiger partial charge is 0.573 e. The molecule has 0 amide bonds. The van der Waals surface area contributed by atoms with Crippen molar-refractivity contribution in [3.05, 3.63) is 137 Å². The first kappa shape index (κ1) is 35.7. The van der Waals surface area contributed by atoms with Gasteiger partial charge >= 0.3 is 18.7 Å². The molecule has 1 N–H and O–H groups in total. The average Bonchev–Trinajstić information content (AvgIpc) is 3.06. The summed E-state index contributed by atoms with van der Waals surface area (Å²) >= 11 is 6.22. The quantitative estimate of drug-likeness (QED) is 0.130. The predicted molar refractivity (Wildman–Crippen MR) is 174 cm³/mol. The van der Waals surface area contributed by atoms with Gasteiger partial charge in [-0.15, -0.1) is 26.3 Å². The Bertz CT molecular complexity index is 1830. The highest BCUT2D eigenvalue weighted by Gasteiger charge is 2.31. The summed E-state index contributed by atoms with van der Waals surface area (Å²) in [4.78, 5) is 10.8. The second kappa shape index (κ2) is 15.3. The number of carboxylic acid groups (broad SMARTS) is 1. The third-order valence-electron chi connectivity index (χ3n) is 7.03. The van der Waals surface area contributed by atoms with E-state index in [1.165, 1.54) is 60.7 Å². The molecule has 50 heavy (non-hydrogen) atoms. The zero-order valence-electron chi connectivity index (χ0n) is 25.6. The Labute approximate surface area is 286 Å². The smallest absolute Gasteiger partial charge is 0.489 e. The number of halogens is 7. The highest BCUT2D eigenvalue weighted by Crippen LogP contribution is 2.33.